The van der Waals surface area contributed by atoms with Gasteiger partial charge in [-0.2, -0.15) is 0 Å². The van der Waals surface area contributed by atoms with Crippen LogP contribution in [0.15, 0.2) is 24.3 Å². The molecule has 0 saturated heterocycles. The van der Waals surface area contributed by atoms with Crippen LogP contribution in [-0.2, 0) is 20.7 Å². The van der Waals surface area contributed by atoms with Crippen molar-refractivity contribution in [2.45, 2.75) is 57.9 Å². The Bertz CT molecular complexity index is 691. The molecular weight excluding hydrogens is 354 g/mol. The summed E-state index contributed by atoms with van der Waals surface area (Å²) >= 11 is 0. The summed E-state index contributed by atoms with van der Waals surface area (Å²) in [6.45, 7) is 1.94. The molecule has 5 heteroatoms. The van der Waals surface area contributed by atoms with Crippen LogP contribution in [0.5, 0.6) is 5.75 Å². The average molecular weight is 386 g/mol. The molecule has 0 spiro atoms. The Hall–Kier alpha value is -2.04. The molecule has 4 fully saturated rings. The lowest BCUT2D eigenvalue weighted by atomic mass is 9.48. The van der Waals surface area contributed by atoms with Gasteiger partial charge in [0.1, 0.15) is 5.75 Å². The molecule has 4 bridgehead atoms. The molecule has 152 valence electrons. The maximum Gasteiger partial charge on any atom is 0.310 e. The minimum Gasteiger partial charge on any atom is -0.497 e. The summed E-state index contributed by atoms with van der Waals surface area (Å²) in [5.41, 5.74) is 1.10. The van der Waals surface area contributed by atoms with E-state index in [0.717, 1.165) is 29.1 Å². The van der Waals surface area contributed by atoms with Gasteiger partial charge in [-0.25, -0.2) is 0 Å². The van der Waals surface area contributed by atoms with Crippen LogP contribution in [0.2, 0.25) is 0 Å². The van der Waals surface area contributed by atoms with Gasteiger partial charge in [-0.05, 0) is 86.3 Å². The predicted octanol–water partition coefficient (Wildman–Crippen LogP) is 3.50. The van der Waals surface area contributed by atoms with Crippen molar-refractivity contribution in [1.29, 1.82) is 0 Å². The lowest BCUT2D eigenvalue weighted by Gasteiger charge is -2.59. The molecule has 28 heavy (non-hydrogen) atoms. The summed E-state index contributed by atoms with van der Waals surface area (Å²) < 4.78 is 10.3. The van der Waals surface area contributed by atoms with Gasteiger partial charge in [0.25, 0.3) is 5.91 Å². The van der Waals surface area contributed by atoms with Gasteiger partial charge in [0.05, 0.1) is 13.5 Å². The van der Waals surface area contributed by atoms with E-state index in [1.807, 2.05) is 24.3 Å². The van der Waals surface area contributed by atoms with E-state index >= 15 is 0 Å². The van der Waals surface area contributed by atoms with Crippen molar-refractivity contribution in [3.05, 3.63) is 29.8 Å². The van der Waals surface area contributed by atoms with Crippen molar-refractivity contribution in [3.8, 4) is 5.75 Å². The van der Waals surface area contributed by atoms with E-state index in [1.54, 1.807) is 7.11 Å². The van der Waals surface area contributed by atoms with E-state index in [2.05, 4.69) is 12.2 Å². The zero-order valence-electron chi connectivity index (χ0n) is 16.9. The monoisotopic (exact) mass is 385 g/mol. The Morgan fingerprint density at radius 3 is 2.18 bits per heavy atom. The third kappa shape index (κ3) is 4.03. The van der Waals surface area contributed by atoms with Crippen LogP contribution in [0.3, 0.4) is 0 Å². The fraction of sp³-hybridized carbons (Fsp3) is 0.652. The number of esters is 1. The zero-order chi connectivity index (χ0) is 19.7. The molecule has 4 aliphatic rings. The zero-order valence-corrected chi connectivity index (χ0v) is 16.9. The maximum atomic E-state index is 12.4. The van der Waals surface area contributed by atoms with E-state index in [1.165, 1.54) is 38.5 Å². The lowest BCUT2D eigenvalue weighted by Crippen LogP contribution is -2.56. The summed E-state index contributed by atoms with van der Waals surface area (Å²) in [5.74, 6) is 2.73. The highest BCUT2D eigenvalue weighted by Gasteiger charge is 2.53. The average Bonchev–Trinajstić information content (AvgIpc) is 2.66. The Kier molecular flexibility index (Phi) is 5.35. The van der Waals surface area contributed by atoms with Gasteiger partial charge < -0.3 is 14.8 Å². The summed E-state index contributed by atoms with van der Waals surface area (Å²) in [5, 5.41) is 3.14. The number of benzene rings is 1. The molecule has 0 aromatic heterocycles. The number of hydrogen-bond donors (Lipinski definition) is 1. The van der Waals surface area contributed by atoms with Crippen LogP contribution in [0.4, 0.5) is 0 Å². The molecule has 0 heterocycles. The normalized spacial score (nSPS) is 31.3. The van der Waals surface area contributed by atoms with Crippen molar-refractivity contribution >= 4 is 11.9 Å². The van der Waals surface area contributed by atoms with E-state index in [0.29, 0.717) is 0 Å². The molecule has 1 aromatic rings. The fourth-order valence-electron chi connectivity index (χ4n) is 6.25. The van der Waals surface area contributed by atoms with Gasteiger partial charge in [-0.3, -0.25) is 9.59 Å². The topological polar surface area (TPSA) is 64.6 Å². The Morgan fingerprint density at radius 2 is 1.64 bits per heavy atom. The van der Waals surface area contributed by atoms with Gasteiger partial charge in [0.2, 0.25) is 0 Å². The molecular formula is C23H31NO4. The third-order valence-electron chi connectivity index (χ3n) is 7.25. The van der Waals surface area contributed by atoms with E-state index in [4.69, 9.17) is 9.47 Å². The SMILES string of the molecule is COc1ccc(CC(=O)OCC(=O)N[C@H](C)C23CC4CC(CC(C4)C2)C3)cc1. The Labute approximate surface area is 167 Å². The summed E-state index contributed by atoms with van der Waals surface area (Å²) in [7, 11) is 1.60. The smallest absolute Gasteiger partial charge is 0.310 e. The molecule has 1 atom stereocenters. The number of amides is 1. The summed E-state index contributed by atoms with van der Waals surface area (Å²) in [6.07, 6.45) is 8.07. The van der Waals surface area contributed by atoms with Crippen LogP contribution in [0.25, 0.3) is 0 Å². The third-order valence-corrected chi connectivity index (χ3v) is 7.25. The van der Waals surface area contributed by atoms with Gasteiger partial charge in [0.15, 0.2) is 6.61 Å². The highest BCUT2D eigenvalue weighted by atomic mass is 16.5. The molecule has 0 aliphatic heterocycles. The Balaban J connectivity index is 1.24. The first-order valence-corrected chi connectivity index (χ1v) is 10.5. The highest BCUT2D eigenvalue weighted by Crippen LogP contribution is 2.61. The molecule has 4 saturated carbocycles. The van der Waals surface area contributed by atoms with Crippen molar-refractivity contribution in [3.63, 3.8) is 0 Å². The first kappa shape index (κ1) is 19.3. The van der Waals surface area contributed by atoms with Crippen LogP contribution in [0.1, 0.15) is 51.0 Å². The fourth-order valence-corrected chi connectivity index (χ4v) is 6.25. The van der Waals surface area contributed by atoms with Crippen LogP contribution < -0.4 is 10.1 Å². The van der Waals surface area contributed by atoms with E-state index < -0.39 is 0 Å². The van der Waals surface area contributed by atoms with Crippen molar-refractivity contribution < 1.29 is 19.1 Å². The molecule has 1 aromatic carbocycles. The second kappa shape index (κ2) is 7.76. The van der Waals surface area contributed by atoms with Crippen molar-refractivity contribution in [2.24, 2.45) is 23.2 Å². The van der Waals surface area contributed by atoms with Crippen LogP contribution in [-0.4, -0.2) is 31.6 Å². The van der Waals surface area contributed by atoms with E-state index in [9.17, 15) is 9.59 Å². The Morgan fingerprint density at radius 1 is 1.07 bits per heavy atom. The van der Waals surface area contributed by atoms with Crippen molar-refractivity contribution in [1.82, 2.24) is 5.32 Å². The van der Waals surface area contributed by atoms with Crippen LogP contribution >= 0.6 is 0 Å². The molecule has 5 rings (SSSR count). The van der Waals surface area contributed by atoms with Gasteiger partial charge >= 0.3 is 5.97 Å². The number of nitrogens with one attached hydrogen (secondary N) is 1. The van der Waals surface area contributed by atoms with Gasteiger partial charge in [0, 0.05) is 6.04 Å². The predicted molar refractivity (Wildman–Crippen MR) is 106 cm³/mol. The summed E-state index contributed by atoms with van der Waals surface area (Å²) in [6, 6.07) is 7.42. The molecule has 1 amide bonds. The first-order valence-electron chi connectivity index (χ1n) is 10.5. The quantitative estimate of drug-likeness (QED) is 0.730. The number of carbonyl (C=O) groups is 2. The minimum absolute atomic E-state index is 0.147. The van der Waals surface area contributed by atoms with Gasteiger partial charge in [-0.15, -0.1) is 0 Å². The maximum absolute atomic E-state index is 12.4. The first-order chi connectivity index (χ1) is 13.5. The molecule has 4 aliphatic carbocycles. The lowest BCUT2D eigenvalue weighted by molar-refractivity contribution is -0.148. The summed E-state index contributed by atoms with van der Waals surface area (Å²) in [4.78, 5) is 24.4. The largest absolute Gasteiger partial charge is 0.497 e. The minimum atomic E-state index is -0.386. The highest BCUT2D eigenvalue weighted by molar-refractivity contribution is 5.81. The number of rotatable bonds is 7. The van der Waals surface area contributed by atoms with Crippen molar-refractivity contribution in [2.75, 3.05) is 13.7 Å². The molecule has 1 N–H and O–H groups in total. The molecule has 0 radical (unpaired) electrons. The number of methoxy groups -OCH3 is 1. The number of hydrogen-bond acceptors (Lipinski definition) is 4. The second-order valence-electron chi connectivity index (χ2n) is 9.25. The number of ether oxygens (including phenoxy) is 2. The standard InChI is InChI=1S/C23H31NO4/c1-15(23-11-17-7-18(12-23)9-19(8-17)13-23)24-21(25)14-28-22(26)10-16-3-5-20(27-2)6-4-16/h3-6,15,17-19H,7-14H2,1-2H3,(H,24,25)/t15-,17?,18?,19?,23?/m1/s1. The molecule has 0 unspecified atom stereocenters. The number of carbonyl (C=O) groups excluding carboxylic acids is 2. The van der Waals surface area contributed by atoms with Crippen LogP contribution in [0, 0.1) is 23.2 Å². The van der Waals surface area contributed by atoms with E-state index in [-0.39, 0.29) is 36.4 Å². The molecule has 5 nitrogen and oxygen atoms in total. The van der Waals surface area contributed by atoms with Gasteiger partial charge in [-0.1, -0.05) is 12.1 Å². The second-order valence-corrected chi connectivity index (χ2v) is 9.25.